The number of carbonyl (C=O) groups excluding carboxylic acids is 1. The fraction of sp³-hybridized carbons (Fsp3) is 0.611. The lowest BCUT2D eigenvalue weighted by Crippen LogP contribution is -2.52. The van der Waals surface area contributed by atoms with Gasteiger partial charge in [-0.05, 0) is 46.1 Å². The van der Waals surface area contributed by atoms with Crippen LogP contribution in [0.2, 0.25) is 0 Å². The van der Waals surface area contributed by atoms with Crippen molar-refractivity contribution in [3.63, 3.8) is 0 Å². The zero-order chi connectivity index (χ0) is 17.5. The van der Waals surface area contributed by atoms with Crippen LogP contribution in [0.5, 0.6) is 11.5 Å². The number of ether oxygens (including phenoxy) is 3. The van der Waals surface area contributed by atoms with Crippen LogP contribution in [0.4, 0.5) is 0 Å². The van der Waals surface area contributed by atoms with Gasteiger partial charge in [-0.2, -0.15) is 0 Å². The van der Waals surface area contributed by atoms with Crippen LogP contribution in [0.15, 0.2) is 18.2 Å². The van der Waals surface area contributed by atoms with E-state index < -0.39 is 0 Å². The van der Waals surface area contributed by atoms with E-state index in [2.05, 4.69) is 4.90 Å². The monoisotopic (exact) mass is 336 g/mol. The Hall–Kier alpha value is -1.79. The van der Waals surface area contributed by atoms with E-state index in [-0.39, 0.29) is 11.9 Å². The molecule has 0 spiro atoms. The largest absolute Gasteiger partial charge is 0.490 e. The molecule has 24 heavy (non-hydrogen) atoms. The number of carbonyl (C=O) groups is 1. The van der Waals surface area contributed by atoms with Gasteiger partial charge in [0.1, 0.15) is 0 Å². The number of hydrogen-bond acceptors (Lipinski definition) is 5. The number of benzene rings is 1. The van der Waals surface area contributed by atoms with E-state index in [0.717, 1.165) is 6.54 Å². The molecule has 1 aromatic rings. The van der Waals surface area contributed by atoms with E-state index in [1.54, 1.807) is 12.1 Å². The zero-order valence-electron chi connectivity index (χ0n) is 15.1. The molecule has 1 heterocycles. The van der Waals surface area contributed by atoms with Gasteiger partial charge in [-0.25, -0.2) is 0 Å². The molecule has 0 N–H and O–H groups in total. The van der Waals surface area contributed by atoms with Gasteiger partial charge in [0.05, 0.1) is 32.5 Å². The Kier molecular flexibility index (Phi) is 6.87. The van der Waals surface area contributed by atoms with Crippen molar-refractivity contribution in [2.24, 2.45) is 0 Å². The minimum atomic E-state index is 0.00847. The van der Waals surface area contributed by atoms with Crippen molar-refractivity contribution in [2.75, 3.05) is 53.6 Å². The van der Waals surface area contributed by atoms with Gasteiger partial charge < -0.3 is 24.0 Å². The molecule has 0 aromatic heterocycles. The molecule has 2 rings (SSSR count). The number of rotatable bonds is 7. The van der Waals surface area contributed by atoms with Gasteiger partial charge in [-0.3, -0.25) is 4.79 Å². The average Bonchev–Trinajstić information content (AvgIpc) is 2.56. The van der Waals surface area contributed by atoms with Gasteiger partial charge in [0, 0.05) is 18.7 Å². The molecule has 1 saturated heterocycles. The summed E-state index contributed by atoms with van der Waals surface area (Å²) in [6.07, 6.45) is 0. The lowest BCUT2D eigenvalue weighted by molar-refractivity contribution is -0.00832. The maximum atomic E-state index is 13.0. The number of nitrogens with zero attached hydrogens (tertiary/aromatic N) is 2. The van der Waals surface area contributed by atoms with Crippen molar-refractivity contribution >= 4 is 5.91 Å². The third-order valence-corrected chi connectivity index (χ3v) is 3.85. The molecular weight excluding hydrogens is 308 g/mol. The van der Waals surface area contributed by atoms with Crippen LogP contribution in [0.1, 0.15) is 24.2 Å². The van der Waals surface area contributed by atoms with Crippen molar-refractivity contribution in [2.45, 2.75) is 19.9 Å². The SMILES string of the molecule is CCOc1ccc(C(=O)N2CCOC[C@H]2CN(C)C)cc1OCC. The first kappa shape index (κ1) is 18.5. The Morgan fingerprint density at radius 3 is 2.62 bits per heavy atom. The van der Waals surface area contributed by atoms with E-state index >= 15 is 0 Å². The van der Waals surface area contributed by atoms with Gasteiger partial charge in [0.15, 0.2) is 11.5 Å². The van der Waals surface area contributed by atoms with Gasteiger partial charge in [0.25, 0.3) is 5.91 Å². The molecule has 0 bridgehead atoms. The zero-order valence-corrected chi connectivity index (χ0v) is 15.1. The predicted octanol–water partition coefficient (Wildman–Crippen LogP) is 1.89. The maximum Gasteiger partial charge on any atom is 0.254 e. The highest BCUT2D eigenvalue weighted by Crippen LogP contribution is 2.29. The first-order valence-electron chi connectivity index (χ1n) is 8.49. The predicted molar refractivity (Wildman–Crippen MR) is 93.0 cm³/mol. The van der Waals surface area contributed by atoms with Crippen LogP contribution >= 0.6 is 0 Å². The molecule has 1 aliphatic rings. The van der Waals surface area contributed by atoms with Crippen molar-refractivity contribution < 1.29 is 19.0 Å². The minimum Gasteiger partial charge on any atom is -0.490 e. The van der Waals surface area contributed by atoms with E-state index in [9.17, 15) is 4.79 Å². The molecule has 0 aliphatic carbocycles. The second-order valence-corrected chi connectivity index (χ2v) is 6.02. The summed E-state index contributed by atoms with van der Waals surface area (Å²) in [5.41, 5.74) is 0.618. The van der Waals surface area contributed by atoms with E-state index in [4.69, 9.17) is 14.2 Å². The molecular formula is C18H28N2O4. The summed E-state index contributed by atoms with van der Waals surface area (Å²) in [6.45, 7) is 7.45. The average molecular weight is 336 g/mol. The number of amides is 1. The van der Waals surface area contributed by atoms with E-state index in [1.807, 2.05) is 38.9 Å². The van der Waals surface area contributed by atoms with Crippen LogP contribution in [0.25, 0.3) is 0 Å². The van der Waals surface area contributed by atoms with Crippen LogP contribution < -0.4 is 9.47 Å². The number of hydrogen-bond donors (Lipinski definition) is 0. The van der Waals surface area contributed by atoms with Crippen LogP contribution in [-0.2, 0) is 4.74 Å². The molecule has 0 saturated carbocycles. The topological polar surface area (TPSA) is 51.2 Å². The highest BCUT2D eigenvalue weighted by atomic mass is 16.5. The van der Waals surface area contributed by atoms with Crippen molar-refractivity contribution in [3.05, 3.63) is 23.8 Å². The first-order chi connectivity index (χ1) is 11.6. The third-order valence-electron chi connectivity index (χ3n) is 3.85. The second-order valence-electron chi connectivity index (χ2n) is 6.02. The molecule has 1 aliphatic heterocycles. The van der Waals surface area contributed by atoms with Crippen LogP contribution in [0, 0.1) is 0 Å². The lowest BCUT2D eigenvalue weighted by Gasteiger charge is -2.37. The highest BCUT2D eigenvalue weighted by molar-refractivity contribution is 5.95. The van der Waals surface area contributed by atoms with Crippen molar-refractivity contribution in [1.82, 2.24) is 9.80 Å². The molecule has 1 amide bonds. The van der Waals surface area contributed by atoms with Crippen molar-refractivity contribution in [1.29, 1.82) is 0 Å². The third kappa shape index (κ3) is 4.61. The number of likely N-dealkylation sites (N-methyl/N-ethyl adjacent to an activating group) is 1. The maximum absolute atomic E-state index is 13.0. The summed E-state index contributed by atoms with van der Waals surface area (Å²) in [6, 6.07) is 5.45. The van der Waals surface area contributed by atoms with Gasteiger partial charge in [-0.15, -0.1) is 0 Å². The molecule has 0 radical (unpaired) electrons. The molecule has 1 fully saturated rings. The summed E-state index contributed by atoms with van der Waals surface area (Å²) in [4.78, 5) is 16.9. The lowest BCUT2D eigenvalue weighted by atomic mass is 10.1. The fourth-order valence-electron chi connectivity index (χ4n) is 2.84. The summed E-state index contributed by atoms with van der Waals surface area (Å²) in [5.74, 6) is 1.29. The quantitative estimate of drug-likeness (QED) is 0.761. The normalized spacial score (nSPS) is 17.9. The van der Waals surface area contributed by atoms with Crippen LogP contribution in [0.3, 0.4) is 0 Å². The second kappa shape index (κ2) is 8.89. The summed E-state index contributed by atoms with van der Waals surface area (Å²) >= 11 is 0. The summed E-state index contributed by atoms with van der Waals surface area (Å²) < 4.78 is 16.7. The Bertz CT molecular complexity index is 548. The molecule has 134 valence electrons. The molecule has 6 nitrogen and oxygen atoms in total. The molecule has 1 aromatic carbocycles. The van der Waals surface area contributed by atoms with E-state index in [1.165, 1.54) is 0 Å². The standard InChI is InChI=1S/C18H28N2O4/c1-5-23-16-8-7-14(11-17(16)24-6-2)18(21)20-9-10-22-13-15(20)12-19(3)4/h7-8,11,15H,5-6,9-10,12-13H2,1-4H3/t15-/m1/s1. The molecule has 0 unspecified atom stereocenters. The Morgan fingerprint density at radius 1 is 1.25 bits per heavy atom. The number of morpholine rings is 1. The first-order valence-corrected chi connectivity index (χ1v) is 8.49. The van der Waals surface area contributed by atoms with Crippen molar-refractivity contribution in [3.8, 4) is 11.5 Å². The summed E-state index contributed by atoms with van der Waals surface area (Å²) in [5, 5.41) is 0. The smallest absolute Gasteiger partial charge is 0.254 e. The van der Waals surface area contributed by atoms with Gasteiger partial charge in [-0.1, -0.05) is 0 Å². The Balaban J connectivity index is 2.22. The summed E-state index contributed by atoms with van der Waals surface area (Å²) in [7, 11) is 4.00. The van der Waals surface area contributed by atoms with Gasteiger partial charge >= 0.3 is 0 Å². The van der Waals surface area contributed by atoms with E-state index in [0.29, 0.717) is 50.0 Å². The minimum absolute atomic E-state index is 0.00847. The Morgan fingerprint density at radius 2 is 1.96 bits per heavy atom. The molecule has 6 heteroatoms. The Labute approximate surface area is 144 Å². The van der Waals surface area contributed by atoms with Gasteiger partial charge in [0.2, 0.25) is 0 Å². The van der Waals surface area contributed by atoms with Crippen LogP contribution in [-0.4, -0.2) is 75.4 Å². The highest BCUT2D eigenvalue weighted by Gasteiger charge is 2.29. The fourth-order valence-corrected chi connectivity index (χ4v) is 2.84. The molecule has 1 atom stereocenters.